The van der Waals surface area contributed by atoms with Crippen molar-refractivity contribution in [2.75, 3.05) is 11.9 Å². The maximum absolute atomic E-state index is 11.9. The molecule has 0 saturated heterocycles. The number of nitrogens with one attached hydrogen (secondary N) is 2. The lowest BCUT2D eigenvalue weighted by Gasteiger charge is -2.06. The van der Waals surface area contributed by atoms with Crippen LogP contribution in [0.15, 0.2) is 54.7 Å². The summed E-state index contributed by atoms with van der Waals surface area (Å²) in [6.07, 6.45) is 1.88. The summed E-state index contributed by atoms with van der Waals surface area (Å²) in [6.45, 7) is -0.340. The van der Waals surface area contributed by atoms with Crippen molar-refractivity contribution in [3.05, 3.63) is 65.3 Å². The van der Waals surface area contributed by atoms with Crippen molar-refractivity contribution in [2.24, 2.45) is 0 Å². The van der Waals surface area contributed by atoms with Crippen LogP contribution in [0.25, 0.3) is 10.9 Å². The quantitative estimate of drug-likeness (QED) is 0.697. The zero-order chi connectivity index (χ0) is 16.9. The van der Waals surface area contributed by atoms with Crippen LogP contribution in [0, 0.1) is 0 Å². The molecule has 2 aromatic carbocycles. The summed E-state index contributed by atoms with van der Waals surface area (Å²) in [4.78, 5) is 26.8. The molecule has 3 aromatic rings. The van der Waals surface area contributed by atoms with Crippen molar-refractivity contribution in [1.29, 1.82) is 0 Å². The number of amides is 1. The van der Waals surface area contributed by atoms with E-state index in [1.165, 1.54) is 0 Å². The summed E-state index contributed by atoms with van der Waals surface area (Å²) >= 11 is 5.84. The van der Waals surface area contributed by atoms with Gasteiger partial charge in [0.1, 0.15) is 0 Å². The highest BCUT2D eigenvalue weighted by molar-refractivity contribution is 6.30. The minimum atomic E-state index is -0.457. The summed E-state index contributed by atoms with van der Waals surface area (Å²) in [5.41, 5.74) is 2.35. The average Bonchev–Trinajstić information content (AvgIpc) is 2.96. The number of aromatic nitrogens is 1. The number of fused-ring (bicyclic) bond motifs is 1. The highest BCUT2D eigenvalue weighted by atomic mass is 35.5. The van der Waals surface area contributed by atoms with Crippen LogP contribution in [0.3, 0.4) is 0 Å². The summed E-state index contributed by atoms with van der Waals surface area (Å²) in [7, 11) is 0. The van der Waals surface area contributed by atoms with Gasteiger partial charge in [0, 0.05) is 27.8 Å². The minimum absolute atomic E-state index is 0.106. The van der Waals surface area contributed by atoms with Crippen molar-refractivity contribution in [2.45, 2.75) is 6.42 Å². The predicted molar refractivity (Wildman–Crippen MR) is 93.0 cm³/mol. The van der Waals surface area contributed by atoms with Gasteiger partial charge in [-0.05, 0) is 29.8 Å². The normalized spacial score (nSPS) is 10.5. The number of esters is 1. The van der Waals surface area contributed by atoms with Crippen LogP contribution < -0.4 is 5.32 Å². The Morgan fingerprint density at radius 2 is 1.96 bits per heavy atom. The van der Waals surface area contributed by atoms with Crippen molar-refractivity contribution >= 4 is 40.1 Å². The van der Waals surface area contributed by atoms with Crippen LogP contribution in [-0.2, 0) is 20.7 Å². The molecule has 0 aliphatic carbocycles. The van der Waals surface area contributed by atoms with Crippen molar-refractivity contribution in [3.8, 4) is 0 Å². The lowest BCUT2D eigenvalue weighted by molar-refractivity contribution is -0.146. The lowest BCUT2D eigenvalue weighted by atomic mass is 10.1. The molecule has 0 spiro atoms. The molecular formula is C18H15ClN2O3. The maximum atomic E-state index is 11.9. The summed E-state index contributed by atoms with van der Waals surface area (Å²) in [5.74, 6) is -0.870. The number of carbonyl (C=O) groups excluding carboxylic acids is 2. The van der Waals surface area contributed by atoms with E-state index in [0.717, 1.165) is 16.5 Å². The average molecular weight is 343 g/mol. The number of ether oxygens (including phenoxy) is 1. The number of para-hydroxylation sites is 1. The van der Waals surface area contributed by atoms with Crippen LogP contribution in [-0.4, -0.2) is 23.5 Å². The molecule has 0 saturated carbocycles. The van der Waals surface area contributed by atoms with Gasteiger partial charge in [0.05, 0.1) is 6.42 Å². The molecule has 0 unspecified atom stereocenters. The van der Waals surface area contributed by atoms with E-state index < -0.39 is 11.9 Å². The Hall–Kier alpha value is -2.79. The van der Waals surface area contributed by atoms with E-state index in [9.17, 15) is 9.59 Å². The van der Waals surface area contributed by atoms with Crippen LogP contribution >= 0.6 is 11.6 Å². The molecule has 3 rings (SSSR count). The molecule has 1 heterocycles. The second kappa shape index (κ2) is 7.19. The Labute approximate surface area is 143 Å². The van der Waals surface area contributed by atoms with E-state index >= 15 is 0 Å². The van der Waals surface area contributed by atoms with Gasteiger partial charge in [-0.15, -0.1) is 0 Å². The smallest absolute Gasteiger partial charge is 0.310 e. The lowest BCUT2D eigenvalue weighted by Crippen LogP contribution is -2.21. The summed E-state index contributed by atoms with van der Waals surface area (Å²) in [5, 5.41) is 4.11. The van der Waals surface area contributed by atoms with Crippen LogP contribution in [0.4, 0.5) is 5.69 Å². The molecule has 0 aliphatic heterocycles. The van der Waals surface area contributed by atoms with E-state index in [2.05, 4.69) is 10.3 Å². The van der Waals surface area contributed by atoms with Gasteiger partial charge in [-0.25, -0.2) is 0 Å². The fraction of sp³-hybridized carbons (Fsp3) is 0.111. The molecule has 0 bridgehead atoms. The first kappa shape index (κ1) is 16.1. The second-order valence-corrected chi connectivity index (χ2v) is 5.69. The number of benzene rings is 2. The van der Waals surface area contributed by atoms with Gasteiger partial charge in [0.15, 0.2) is 6.61 Å². The van der Waals surface area contributed by atoms with Crippen molar-refractivity contribution in [3.63, 3.8) is 0 Å². The third kappa shape index (κ3) is 3.94. The van der Waals surface area contributed by atoms with Crippen molar-refractivity contribution < 1.29 is 14.3 Å². The number of rotatable bonds is 5. The zero-order valence-electron chi connectivity index (χ0n) is 12.7. The Balaban J connectivity index is 1.53. The van der Waals surface area contributed by atoms with E-state index in [1.807, 2.05) is 24.3 Å². The molecule has 2 N–H and O–H groups in total. The summed E-state index contributed by atoms with van der Waals surface area (Å²) < 4.78 is 5.03. The van der Waals surface area contributed by atoms with Gasteiger partial charge >= 0.3 is 5.97 Å². The molecule has 0 radical (unpaired) electrons. The number of hydrogen-bond acceptors (Lipinski definition) is 3. The third-order valence-electron chi connectivity index (χ3n) is 3.48. The van der Waals surface area contributed by atoms with E-state index in [4.69, 9.17) is 16.3 Å². The standard InChI is InChI=1S/C18H15ClN2O3/c19-13-4-3-5-14(9-13)21-17(22)11-24-18(23)8-12-10-20-16-7-2-1-6-15(12)16/h1-7,9-10,20H,8,11H2,(H,21,22). The second-order valence-electron chi connectivity index (χ2n) is 5.26. The first-order chi connectivity index (χ1) is 11.6. The SMILES string of the molecule is O=C(COC(=O)Cc1c[nH]c2ccccc12)Nc1cccc(Cl)c1. The van der Waals surface area contributed by atoms with E-state index in [1.54, 1.807) is 30.5 Å². The molecule has 1 amide bonds. The largest absolute Gasteiger partial charge is 0.455 e. The fourth-order valence-corrected chi connectivity index (χ4v) is 2.58. The Kier molecular flexibility index (Phi) is 4.82. The number of anilines is 1. The highest BCUT2D eigenvalue weighted by Gasteiger charge is 2.12. The number of hydrogen-bond donors (Lipinski definition) is 2. The molecule has 0 fully saturated rings. The van der Waals surface area contributed by atoms with Gasteiger partial charge in [-0.2, -0.15) is 0 Å². The van der Waals surface area contributed by atoms with E-state index in [-0.39, 0.29) is 13.0 Å². The monoisotopic (exact) mass is 342 g/mol. The summed E-state index contributed by atoms with van der Waals surface area (Å²) in [6, 6.07) is 14.4. The molecule has 24 heavy (non-hydrogen) atoms. The molecule has 1 aromatic heterocycles. The Bertz CT molecular complexity index is 889. The fourth-order valence-electron chi connectivity index (χ4n) is 2.39. The maximum Gasteiger partial charge on any atom is 0.310 e. The number of halogens is 1. The highest BCUT2D eigenvalue weighted by Crippen LogP contribution is 2.18. The van der Waals surface area contributed by atoms with Gasteiger partial charge in [-0.3, -0.25) is 9.59 Å². The topological polar surface area (TPSA) is 71.2 Å². The number of carbonyl (C=O) groups is 2. The van der Waals surface area contributed by atoms with Crippen LogP contribution in [0.1, 0.15) is 5.56 Å². The first-order valence-electron chi connectivity index (χ1n) is 7.38. The third-order valence-corrected chi connectivity index (χ3v) is 3.72. The van der Waals surface area contributed by atoms with Crippen molar-refractivity contribution in [1.82, 2.24) is 4.98 Å². The number of H-pyrrole nitrogens is 1. The van der Waals surface area contributed by atoms with Gasteiger partial charge in [0.25, 0.3) is 5.91 Å². The van der Waals surface area contributed by atoms with Gasteiger partial charge < -0.3 is 15.0 Å². The molecule has 122 valence electrons. The van der Waals surface area contributed by atoms with Gasteiger partial charge in [-0.1, -0.05) is 35.9 Å². The minimum Gasteiger partial charge on any atom is -0.455 e. The Morgan fingerprint density at radius 3 is 2.79 bits per heavy atom. The predicted octanol–water partition coefficient (Wildman–Crippen LogP) is 3.55. The zero-order valence-corrected chi connectivity index (χ0v) is 13.5. The molecule has 5 nitrogen and oxygen atoms in total. The van der Waals surface area contributed by atoms with Gasteiger partial charge in [0.2, 0.25) is 0 Å². The molecule has 0 aliphatic rings. The Morgan fingerprint density at radius 1 is 1.12 bits per heavy atom. The van der Waals surface area contributed by atoms with E-state index in [0.29, 0.717) is 10.7 Å². The molecule has 0 atom stereocenters. The molecular weight excluding hydrogens is 328 g/mol. The number of aromatic amines is 1. The molecule has 6 heteroatoms. The first-order valence-corrected chi connectivity index (χ1v) is 7.75. The van der Waals surface area contributed by atoms with Crippen LogP contribution in [0.2, 0.25) is 5.02 Å². The van der Waals surface area contributed by atoms with Crippen LogP contribution in [0.5, 0.6) is 0 Å².